The van der Waals surface area contributed by atoms with Crippen LogP contribution in [-0.2, 0) is 0 Å². The highest BCUT2D eigenvalue weighted by atomic mass is 35.5. The van der Waals surface area contributed by atoms with Crippen molar-refractivity contribution in [2.45, 2.75) is 130 Å². The van der Waals surface area contributed by atoms with Crippen LogP contribution in [0, 0.1) is 63.9 Å². The van der Waals surface area contributed by atoms with Crippen LogP contribution >= 0.6 is 57.9 Å². The minimum Gasteiger partial charge on any atom is -0.389 e. The average Bonchev–Trinajstić information content (AvgIpc) is 1.40. The van der Waals surface area contributed by atoms with Gasteiger partial charge in [0.2, 0.25) is 0 Å². The molecule has 0 aliphatic carbocycles. The van der Waals surface area contributed by atoms with Crippen LogP contribution < -0.4 is 26.2 Å². The van der Waals surface area contributed by atoms with Gasteiger partial charge in [-0.3, -0.25) is 0 Å². The van der Waals surface area contributed by atoms with Gasteiger partial charge >= 0.3 is 5.82 Å². The molecule has 0 bridgehead atoms. The first-order valence-electron chi connectivity index (χ1n) is 32.1. The van der Waals surface area contributed by atoms with Crippen LogP contribution in [0.3, 0.4) is 0 Å². The molecule has 8 aromatic heterocycles. The van der Waals surface area contributed by atoms with Gasteiger partial charge in [0.1, 0.15) is 51.2 Å². The number of hydrogen-bond donors (Lipinski definition) is 6. The minimum absolute atomic E-state index is 0.0440. The molecule has 0 saturated carbocycles. The molecular weight excluding hydrogens is 1330 g/mol. The fourth-order valence-corrected chi connectivity index (χ4v) is 13.6. The first-order valence-corrected chi connectivity index (χ1v) is 34.8. The van der Waals surface area contributed by atoms with E-state index in [1.165, 1.54) is 64.4 Å². The second kappa shape index (κ2) is 33.5. The Morgan fingerprint density at radius 1 is 0.561 bits per heavy atom. The molecule has 3 aliphatic rings. The fraction of sp³-hybridized carbons (Fsp3) is 0.324. The van der Waals surface area contributed by atoms with E-state index in [0.29, 0.717) is 23.6 Å². The number of anilines is 5. The molecule has 3 aromatic carbocycles. The molecular formula is C71H75Cl3N22S2. The molecule has 14 rings (SSSR count). The zero-order valence-corrected chi connectivity index (χ0v) is 59.5. The predicted octanol–water partition coefficient (Wildman–Crippen LogP) is 16.4. The summed E-state index contributed by atoms with van der Waals surface area (Å²) in [6.45, 7) is 26.2. The number of imidazole rings is 3. The summed E-state index contributed by atoms with van der Waals surface area (Å²) in [7, 11) is 0. The predicted molar refractivity (Wildman–Crippen MR) is 392 cm³/mol. The quantitative estimate of drug-likeness (QED) is 0.0693. The molecule has 98 heavy (non-hydrogen) atoms. The Kier molecular flexibility index (Phi) is 24.3. The number of nitriles is 2. The fourth-order valence-electron chi connectivity index (χ4n) is 11.9. The van der Waals surface area contributed by atoms with E-state index >= 15 is 0 Å². The molecule has 0 unspecified atom stereocenters. The van der Waals surface area contributed by atoms with Crippen LogP contribution in [0.1, 0.15) is 134 Å². The standard InChI is InChI=1S/C25H26N8S.C21H21ClN6.C16H21N3.C5HCl2N3.C4H6N2S/c1-15-6-8-18(9-7-15)21-13-28-24(29-21)19-5-4-10-33(17(19)3)22-14-27-20(12-26)25(30-22)31-23-11-16(2)32-34-23;1-13-5-7-15(8-6-13)18-11-25-21(26-18)16-4-3-9-28(14(16)2)19-12-24-17(10-23)20(22)27-19;1-11-5-7-13(8-6-11)15-10-18-16(19-15)14-4-3-9-17-12(14)2;1-8-5-4(7)10-3(6)2-9-5;1-3-2-4(5)7-6-3/h6-9,11,13-14,17,19H,4-5,10H2,1-3H3,(H,28,29)(H,30,31);5-8,11-12,14,16H,3-4,9H2,1-2H3,(H,25,26);5-8,10,12,14,17H,3-4,9H2,1-2H3,(H,18,19);2H;2H,5H2,1H3/t17-,19-;14-,16-;12-,14-;;/m111../s1. The number of halogens is 3. The SMILES string of the molecule is Cc1cc(N)sn1.Cc1ccc(-c2cnc([C@@H]3CCCN(c4cnc(C#N)c(Cl)n4)[C@@H]3C)[nH]2)cc1.Cc1ccc(-c2cnc([C@@H]3CCCN(c4cnc(C#N)c(Nc5cc(C)ns5)n4)[C@@H]3C)[nH]2)cc1.Cc1ccc(-c2cnc([C@@H]3CCCN[C@@H]3C)[nH]2)cc1.[C-]#[N+]c1ncc(Cl)nc1Cl. The molecule has 3 aliphatic heterocycles. The maximum Gasteiger partial charge on any atom is 0.307 e. The number of benzene rings is 3. The van der Waals surface area contributed by atoms with Gasteiger partial charge in [-0.15, -0.1) is 4.98 Å². The normalized spacial score (nSPS) is 17.9. The van der Waals surface area contributed by atoms with Gasteiger partial charge in [0.15, 0.2) is 38.9 Å². The van der Waals surface area contributed by atoms with Crippen molar-refractivity contribution in [2.75, 3.05) is 40.5 Å². The molecule has 27 heteroatoms. The summed E-state index contributed by atoms with van der Waals surface area (Å²) in [6, 6.07) is 34.2. The molecule has 0 amide bonds. The minimum atomic E-state index is 0.0440. The van der Waals surface area contributed by atoms with E-state index in [0.717, 1.165) is 118 Å². The van der Waals surface area contributed by atoms with E-state index in [1.807, 2.05) is 50.6 Å². The molecule has 3 fully saturated rings. The van der Waals surface area contributed by atoms with Gasteiger partial charge in [-0.2, -0.15) is 19.3 Å². The summed E-state index contributed by atoms with van der Waals surface area (Å²) in [5.41, 5.74) is 18.1. The number of hydrogen-bond acceptors (Lipinski definition) is 20. The number of nitrogens with one attached hydrogen (secondary N) is 5. The largest absolute Gasteiger partial charge is 0.389 e. The van der Waals surface area contributed by atoms with E-state index in [2.05, 4.69) is 204 Å². The third-order valence-corrected chi connectivity index (χ3v) is 19.5. The van der Waals surface area contributed by atoms with Crippen molar-refractivity contribution < 1.29 is 0 Å². The van der Waals surface area contributed by atoms with Crippen molar-refractivity contribution >= 4 is 91.1 Å². The maximum absolute atomic E-state index is 9.53. The second-order valence-electron chi connectivity index (χ2n) is 24.3. The van der Waals surface area contributed by atoms with Crippen molar-refractivity contribution in [3.8, 4) is 45.9 Å². The van der Waals surface area contributed by atoms with Crippen LogP contribution in [-0.4, -0.2) is 106 Å². The first-order chi connectivity index (χ1) is 47.3. The Hall–Kier alpha value is -9.71. The number of aromatic nitrogens is 14. The van der Waals surface area contributed by atoms with Gasteiger partial charge in [0, 0.05) is 49.0 Å². The number of aromatic amines is 3. The van der Waals surface area contributed by atoms with E-state index in [9.17, 15) is 5.26 Å². The molecule has 7 N–H and O–H groups in total. The molecule has 0 spiro atoms. The molecule has 11 aromatic rings. The highest BCUT2D eigenvalue weighted by molar-refractivity contribution is 7.10. The lowest BCUT2D eigenvalue weighted by molar-refractivity contribution is 0.361. The van der Waals surface area contributed by atoms with Gasteiger partial charge < -0.3 is 46.0 Å². The van der Waals surface area contributed by atoms with Crippen LogP contribution in [0.25, 0.3) is 38.6 Å². The number of H-pyrrole nitrogens is 3. The highest BCUT2D eigenvalue weighted by Crippen LogP contribution is 2.38. The molecule has 0 radical (unpaired) electrons. The maximum atomic E-state index is 9.53. The van der Waals surface area contributed by atoms with Gasteiger partial charge in [-0.1, -0.05) is 131 Å². The number of nitrogens with two attached hydrogens (primary N) is 1. The molecule has 6 atom stereocenters. The van der Waals surface area contributed by atoms with Gasteiger partial charge in [-0.05, 0) is 152 Å². The highest BCUT2D eigenvalue weighted by Gasteiger charge is 2.34. The number of nitrogen functional groups attached to an aromatic ring is 1. The van der Waals surface area contributed by atoms with Crippen molar-refractivity contribution in [3.63, 3.8) is 0 Å². The van der Waals surface area contributed by atoms with Gasteiger partial charge in [0.25, 0.3) is 0 Å². The third-order valence-electron chi connectivity index (χ3n) is 17.2. The van der Waals surface area contributed by atoms with Crippen molar-refractivity contribution in [1.82, 2.24) is 73.9 Å². The number of rotatable bonds is 10. The summed E-state index contributed by atoms with van der Waals surface area (Å²) in [4.78, 5) is 56.9. The number of piperidine rings is 3. The topological polar surface area (TPSA) is 298 Å². The van der Waals surface area contributed by atoms with E-state index in [-0.39, 0.29) is 56.6 Å². The van der Waals surface area contributed by atoms with E-state index in [1.54, 1.807) is 12.4 Å². The Bertz CT molecular complexity index is 4550. The number of aryl methyl sites for hydroxylation is 5. The van der Waals surface area contributed by atoms with Crippen LogP contribution in [0.5, 0.6) is 0 Å². The zero-order chi connectivity index (χ0) is 69.4. The lowest BCUT2D eigenvalue weighted by Crippen LogP contribution is -2.43. The molecule has 22 nitrogen and oxygen atoms in total. The van der Waals surface area contributed by atoms with Crippen molar-refractivity contribution in [1.29, 1.82) is 10.5 Å². The molecule has 3 saturated heterocycles. The zero-order valence-electron chi connectivity index (χ0n) is 55.6. The van der Waals surface area contributed by atoms with Crippen LogP contribution in [0.4, 0.5) is 33.3 Å². The Labute approximate surface area is 593 Å². The summed E-state index contributed by atoms with van der Waals surface area (Å²) in [6.07, 6.45) is 17.0. The summed E-state index contributed by atoms with van der Waals surface area (Å²) < 4.78 is 8.22. The Morgan fingerprint density at radius 3 is 1.45 bits per heavy atom. The number of nitrogens with zero attached hydrogens (tertiary/aromatic N) is 16. The first kappa shape index (κ1) is 71.1. The van der Waals surface area contributed by atoms with Crippen molar-refractivity contribution in [3.05, 3.63) is 206 Å². The monoisotopic (exact) mass is 1400 g/mol. The third kappa shape index (κ3) is 18.3. The summed E-state index contributed by atoms with van der Waals surface area (Å²) >= 11 is 19.6. The van der Waals surface area contributed by atoms with Gasteiger partial charge in [-0.25, -0.2) is 39.9 Å². The van der Waals surface area contributed by atoms with Crippen LogP contribution in [0.15, 0.2) is 122 Å². The lowest BCUT2D eigenvalue weighted by atomic mass is 9.89. The van der Waals surface area contributed by atoms with E-state index < -0.39 is 0 Å². The summed E-state index contributed by atoms with van der Waals surface area (Å²) in [5, 5.41) is 27.3. The second-order valence-corrected chi connectivity index (χ2v) is 27.0. The van der Waals surface area contributed by atoms with E-state index in [4.69, 9.17) is 62.3 Å². The molecule has 11 heterocycles. The lowest BCUT2D eigenvalue weighted by Gasteiger charge is -2.39. The smallest absolute Gasteiger partial charge is 0.307 e. The Balaban J connectivity index is 0.000000145. The molecule has 502 valence electrons. The van der Waals surface area contributed by atoms with Gasteiger partial charge in [0.05, 0.1) is 59.5 Å². The van der Waals surface area contributed by atoms with Crippen LogP contribution in [0.2, 0.25) is 15.5 Å². The Morgan fingerprint density at radius 2 is 1.03 bits per heavy atom. The average molecular weight is 1410 g/mol. The summed E-state index contributed by atoms with van der Waals surface area (Å²) in [5.74, 6) is 6.09. The van der Waals surface area contributed by atoms with Crippen molar-refractivity contribution in [2.24, 2.45) is 0 Å².